The zero-order valence-corrected chi connectivity index (χ0v) is 14.6. The van der Waals surface area contributed by atoms with Gasteiger partial charge < -0.3 is 14.4 Å². The van der Waals surface area contributed by atoms with Gasteiger partial charge in [-0.2, -0.15) is 0 Å². The highest BCUT2D eigenvalue weighted by molar-refractivity contribution is 8.00. The van der Waals surface area contributed by atoms with E-state index < -0.39 is 0 Å². The molecule has 0 saturated carbocycles. The van der Waals surface area contributed by atoms with Crippen molar-refractivity contribution in [1.29, 1.82) is 0 Å². The maximum atomic E-state index is 12.6. The maximum absolute atomic E-state index is 12.6. The van der Waals surface area contributed by atoms with E-state index in [1.807, 2.05) is 0 Å². The molecule has 4 nitrogen and oxygen atoms in total. The van der Waals surface area contributed by atoms with E-state index >= 15 is 0 Å². The fourth-order valence-electron chi connectivity index (χ4n) is 4.03. The Kier molecular flexibility index (Phi) is 3.85. The number of fused-ring (bicyclic) bond motifs is 2. The number of nitrogens with zero attached hydrogens (tertiary/aromatic N) is 3. The van der Waals surface area contributed by atoms with E-state index in [0.717, 1.165) is 13.1 Å². The Morgan fingerprint density at radius 1 is 1.26 bits per heavy atom. The van der Waals surface area contributed by atoms with Crippen molar-refractivity contribution in [3.05, 3.63) is 30.5 Å². The Hall–Kier alpha value is -1.46. The van der Waals surface area contributed by atoms with Crippen LogP contribution in [-0.2, 0) is 11.8 Å². The normalized spacial score (nSPS) is 24.5. The number of rotatable bonds is 3. The number of likely N-dealkylation sites (N-methyl/N-ethyl adjacent to an activating group) is 1. The molecule has 3 heterocycles. The summed E-state index contributed by atoms with van der Waals surface area (Å²) in [5.41, 5.74) is 1.22. The summed E-state index contributed by atoms with van der Waals surface area (Å²) >= 11 is 1.67. The van der Waals surface area contributed by atoms with Crippen molar-refractivity contribution in [2.24, 2.45) is 13.0 Å². The Morgan fingerprint density at radius 2 is 2.09 bits per heavy atom. The van der Waals surface area contributed by atoms with Crippen molar-refractivity contribution in [2.45, 2.75) is 17.4 Å². The average Bonchev–Trinajstić information content (AvgIpc) is 3.21. The second-order valence-electron chi connectivity index (χ2n) is 6.81. The molecule has 0 N–H and O–H groups in total. The Labute approximate surface area is 141 Å². The van der Waals surface area contributed by atoms with Crippen molar-refractivity contribution >= 4 is 28.6 Å². The number of para-hydroxylation sites is 1. The first-order chi connectivity index (χ1) is 11.1. The van der Waals surface area contributed by atoms with E-state index in [1.165, 1.54) is 28.8 Å². The SMILES string of the molecule is CN1CC[C@@H]2CN(C(=O)CSc3cn(C)c4ccccc34)C[C@@H]21. The molecule has 1 aromatic carbocycles. The smallest absolute Gasteiger partial charge is 0.232 e. The molecule has 2 aliphatic rings. The molecular formula is C18H23N3OS. The summed E-state index contributed by atoms with van der Waals surface area (Å²) in [5, 5.41) is 1.24. The number of hydrogen-bond acceptors (Lipinski definition) is 3. The van der Waals surface area contributed by atoms with Crippen molar-refractivity contribution in [3.8, 4) is 0 Å². The number of aryl methyl sites for hydroxylation is 1. The fourth-order valence-corrected chi connectivity index (χ4v) is 5.05. The Balaban J connectivity index is 1.42. The van der Waals surface area contributed by atoms with Gasteiger partial charge in [-0.05, 0) is 32.0 Å². The van der Waals surface area contributed by atoms with Crippen LogP contribution in [-0.4, -0.2) is 58.8 Å². The molecule has 2 aliphatic heterocycles. The Morgan fingerprint density at radius 3 is 2.91 bits per heavy atom. The van der Waals surface area contributed by atoms with E-state index in [2.05, 4.69) is 58.9 Å². The number of likely N-dealkylation sites (tertiary alicyclic amines) is 2. The molecule has 2 saturated heterocycles. The maximum Gasteiger partial charge on any atom is 0.232 e. The average molecular weight is 329 g/mol. The topological polar surface area (TPSA) is 28.5 Å². The van der Waals surface area contributed by atoms with Gasteiger partial charge in [0, 0.05) is 48.2 Å². The molecule has 1 amide bonds. The van der Waals surface area contributed by atoms with Gasteiger partial charge in [-0.3, -0.25) is 4.79 Å². The van der Waals surface area contributed by atoms with Crippen LogP contribution in [0.25, 0.3) is 10.9 Å². The lowest BCUT2D eigenvalue weighted by Gasteiger charge is -2.20. The van der Waals surface area contributed by atoms with Crippen LogP contribution in [0.2, 0.25) is 0 Å². The lowest BCUT2D eigenvalue weighted by atomic mass is 10.1. The molecule has 0 unspecified atom stereocenters. The molecule has 2 atom stereocenters. The first kappa shape index (κ1) is 15.1. The van der Waals surface area contributed by atoms with Gasteiger partial charge in [0.25, 0.3) is 0 Å². The lowest BCUT2D eigenvalue weighted by Crippen LogP contribution is -2.35. The number of amides is 1. The van der Waals surface area contributed by atoms with Crippen LogP contribution >= 0.6 is 11.8 Å². The summed E-state index contributed by atoms with van der Waals surface area (Å²) in [6, 6.07) is 8.96. The van der Waals surface area contributed by atoms with E-state index in [9.17, 15) is 4.79 Å². The molecule has 2 aromatic rings. The van der Waals surface area contributed by atoms with Gasteiger partial charge in [0.2, 0.25) is 5.91 Å². The monoisotopic (exact) mass is 329 g/mol. The third-order valence-corrected chi connectivity index (χ3v) is 6.42. The highest BCUT2D eigenvalue weighted by Gasteiger charge is 2.40. The number of aromatic nitrogens is 1. The molecule has 4 rings (SSSR count). The van der Waals surface area contributed by atoms with E-state index in [-0.39, 0.29) is 5.91 Å². The van der Waals surface area contributed by atoms with Crippen LogP contribution in [0.5, 0.6) is 0 Å². The largest absolute Gasteiger partial charge is 0.349 e. The minimum atomic E-state index is 0.283. The van der Waals surface area contributed by atoms with E-state index in [4.69, 9.17) is 0 Å². The fraction of sp³-hybridized carbons (Fsp3) is 0.500. The minimum absolute atomic E-state index is 0.283. The molecule has 122 valence electrons. The van der Waals surface area contributed by atoms with E-state index in [1.54, 1.807) is 11.8 Å². The predicted molar refractivity (Wildman–Crippen MR) is 94.7 cm³/mol. The van der Waals surface area contributed by atoms with Crippen LogP contribution < -0.4 is 0 Å². The third-order valence-electron chi connectivity index (χ3n) is 5.39. The molecule has 0 bridgehead atoms. The number of benzene rings is 1. The van der Waals surface area contributed by atoms with Gasteiger partial charge in [0.05, 0.1) is 5.75 Å². The molecule has 1 aromatic heterocycles. The number of hydrogen-bond donors (Lipinski definition) is 0. The predicted octanol–water partition coefficient (Wildman–Crippen LogP) is 2.43. The van der Waals surface area contributed by atoms with Crippen molar-refractivity contribution < 1.29 is 4.79 Å². The standard InChI is InChI=1S/C18H23N3OS/c1-19-8-7-13-9-21(10-16(13)19)18(22)12-23-17-11-20(2)15-6-4-3-5-14(15)17/h3-6,11,13,16H,7-10,12H2,1-2H3/t13-,16+/m1/s1. The lowest BCUT2D eigenvalue weighted by molar-refractivity contribution is -0.127. The third kappa shape index (κ3) is 2.66. The number of carbonyl (C=O) groups excluding carboxylic acids is 1. The summed E-state index contributed by atoms with van der Waals surface area (Å²) in [4.78, 5) is 18.3. The van der Waals surface area contributed by atoms with Crippen LogP contribution in [0.4, 0.5) is 0 Å². The van der Waals surface area contributed by atoms with Crippen LogP contribution in [0.3, 0.4) is 0 Å². The number of thioether (sulfide) groups is 1. The van der Waals surface area contributed by atoms with Gasteiger partial charge in [-0.25, -0.2) is 0 Å². The molecule has 0 radical (unpaired) electrons. The van der Waals surface area contributed by atoms with Crippen molar-refractivity contribution in [3.63, 3.8) is 0 Å². The molecule has 2 fully saturated rings. The molecule has 23 heavy (non-hydrogen) atoms. The molecule has 0 aliphatic carbocycles. The van der Waals surface area contributed by atoms with Crippen molar-refractivity contribution in [1.82, 2.24) is 14.4 Å². The zero-order valence-electron chi connectivity index (χ0n) is 13.7. The summed E-state index contributed by atoms with van der Waals surface area (Å²) in [6.45, 7) is 3.04. The van der Waals surface area contributed by atoms with Crippen LogP contribution in [0.1, 0.15) is 6.42 Å². The minimum Gasteiger partial charge on any atom is -0.349 e. The zero-order chi connectivity index (χ0) is 16.0. The molecular weight excluding hydrogens is 306 g/mol. The first-order valence-corrected chi connectivity index (χ1v) is 9.27. The van der Waals surface area contributed by atoms with Crippen LogP contribution in [0.15, 0.2) is 35.4 Å². The molecule has 5 heteroatoms. The van der Waals surface area contributed by atoms with Crippen LogP contribution in [0, 0.1) is 5.92 Å². The number of carbonyl (C=O) groups is 1. The second kappa shape index (κ2) is 5.87. The summed E-state index contributed by atoms with van der Waals surface area (Å²) in [6.07, 6.45) is 3.37. The quantitative estimate of drug-likeness (QED) is 0.810. The second-order valence-corrected chi connectivity index (χ2v) is 7.82. The molecule has 0 spiro atoms. The van der Waals surface area contributed by atoms with Gasteiger partial charge in [-0.15, -0.1) is 11.8 Å². The highest BCUT2D eigenvalue weighted by Crippen LogP contribution is 2.32. The van der Waals surface area contributed by atoms with Gasteiger partial charge in [0.1, 0.15) is 0 Å². The summed E-state index contributed by atoms with van der Waals surface area (Å²) in [7, 11) is 4.25. The van der Waals surface area contributed by atoms with Gasteiger partial charge >= 0.3 is 0 Å². The van der Waals surface area contributed by atoms with Gasteiger partial charge in [-0.1, -0.05) is 18.2 Å². The van der Waals surface area contributed by atoms with E-state index in [0.29, 0.717) is 17.7 Å². The highest BCUT2D eigenvalue weighted by atomic mass is 32.2. The summed E-state index contributed by atoms with van der Waals surface area (Å²) in [5.74, 6) is 1.51. The van der Waals surface area contributed by atoms with Crippen molar-refractivity contribution in [2.75, 3.05) is 32.4 Å². The Bertz CT molecular complexity index is 741. The summed E-state index contributed by atoms with van der Waals surface area (Å²) < 4.78 is 2.14. The first-order valence-electron chi connectivity index (χ1n) is 8.28. The van der Waals surface area contributed by atoms with Gasteiger partial charge in [0.15, 0.2) is 0 Å².